The van der Waals surface area contributed by atoms with Crippen LogP contribution in [0.1, 0.15) is 32.1 Å². The molecule has 0 radical (unpaired) electrons. The fraction of sp³-hybridized carbons (Fsp3) is 0.667. The summed E-state index contributed by atoms with van der Waals surface area (Å²) in [6, 6.07) is 3.42. The number of hydrogen-bond donors (Lipinski definition) is 3. The minimum atomic E-state index is -3.44. The van der Waals surface area contributed by atoms with Gasteiger partial charge in [-0.1, -0.05) is 20.8 Å². The first kappa shape index (κ1) is 20.1. The molecule has 0 bridgehead atoms. The molecular formula is C15H27N3O3S2. The van der Waals surface area contributed by atoms with E-state index in [2.05, 4.69) is 15.4 Å². The quantitative estimate of drug-likeness (QED) is 0.519. The highest BCUT2D eigenvalue weighted by molar-refractivity contribution is 7.91. The Kier molecular flexibility index (Phi) is 8.75. The van der Waals surface area contributed by atoms with Crippen LogP contribution in [0, 0.1) is 5.92 Å². The van der Waals surface area contributed by atoms with Gasteiger partial charge in [0.1, 0.15) is 4.21 Å². The zero-order valence-electron chi connectivity index (χ0n) is 14.0. The largest absolute Gasteiger partial charge is 0.356 e. The molecule has 1 aromatic rings. The van der Waals surface area contributed by atoms with Crippen LogP contribution >= 0.6 is 11.3 Å². The zero-order chi connectivity index (χ0) is 17.3. The number of carbonyl (C=O) groups is 1. The minimum Gasteiger partial charge on any atom is -0.356 e. The molecule has 0 aliphatic carbocycles. The van der Waals surface area contributed by atoms with Gasteiger partial charge in [0, 0.05) is 30.9 Å². The number of amides is 1. The highest BCUT2D eigenvalue weighted by Crippen LogP contribution is 2.21. The van der Waals surface area contributed by atoms with Crippen LogP contribution in [0.15, 0.2) is 16.3 Å². The van der Waals surface area contributed by atoms with Crippen molar-refractivity contribution in [3.8, 4) is 0 Å². The van der Waals surface area contributed by atoms with Crippen LogP contribution in [0.3, 0.4) is 0 Å². The second-order valence-corrected chi connectivity index (χ2v) is 8.83. The average molecular weight is 362 g/mol. The Hall–Kier alpha value is -0.960. The third kappa shape index (κ3) is 7.92. The number of thiophene rings is 1. The third-order valence-corrected chi connectivity index (χ3v) is 6.13. The molecule has 6 nitrogen and oxygen atoms in total. The van der Waals surface area contributed by atoms with Gasteiger partial charge < -0.3 is 10.6 Å². The highest BCUT2D eigenvalue weighted by Gasteiger charge is 2.16. The van der Waals surface area contributed by atoms with Crippen molar-refractivity contribution in [3.05, 3.63) is 17.0 Å². The van der Waals surface area contributed by atoms with Crippen molar-refractivity contribution in [2.75, 3.05) is 26.2 Å². The summed E-state index contributed by atoms with van der Waals surface area (Å²) in [7, 11) is -3.44. The first-order chi connectivity index (χ1) is 10.8. The molecule has 132 valence electrons. The smallest absolute Gasteiger partial charge is 0.250 e. The standard InChI is InChI=1S/C15H27N3O3S2/c1-4-16-9-10-18-23(20,21)15-6-5-13(22-15)7-8-17-14(19)11-12(2)3/h5-6,12,16,18H,4,7-11H2,1-3H3,(H,17,19). The van der Waals surface area contributed by atoms with E-state index in [9.17, 15) is 13.2 Å². The summed E-state index contributed by atoms with van der Waals surface area (Å²) < 4.78 is 27.1. The lowest BCUT2D eigenvalue weighted by Crippen LogP contribution is -2.31. The first-order valence-corrected chi connectivity index (χ1v) is 10.2. The topological polar surface area (TPSA) is 87.3 Å². The first-order valence-electron chi connectivity index (χ1n) is 7.91. The lowest BCUT2D eigenvalue weighted by Gasteiger charge is -2.06. The maximum Gasteiger partial charge on any atom is 0.250 e. The molecule has 23 heavy (non-hydrogen) atoms. The predicted molar refractivity (Wildman–Crippen MR) is 94.2 cm³/mol. The molecule has 3 N–H and O–H groups in total. The maximum atomic E-state index is 12.1. The SMILES string of the molecule is CCNCCNS(=O)(=O)c1ccc(CCNC(=O)CC(C)C)s1. The molecule has 0 spiro atoms. The Morgan fingerprint density at radius 2 is 1.96 bits per heavy atom. The average Bonchev–Trinajstić information content (AvgIpc) is 2.92. The summed E-state index contributed by atoms with van der Waals surface area (Å²) >= 11 is 1.25. The molecule has 0 saturated carbocycles. The molecule has 1 amide bonds. The van der Waals surface area contributed by atoms with Gasteiger partial charge in [0.15, 0.2) is 0 Å². The predicted octanol–water partition coefficient (Wildman–Crippen LogP) is 1.34. The van der Waals surface area contributed by atoms with E-state index >= 15 is 0 Å². The van der Waals surface area contributed by atoms with Crippen molar-refractivity contribution in [2.24, 2.45) is 5.92 Å². The molecule has 1 rings (SSSR count). The van der Waals surface area contributed by atoms with Crippen LogP contribution in [-0.4, -0.2) is 40.5 Å². The van der Waals surface area contributed by atoms with Crippen molar-refractivity contribution in [2.45, 2.75) is 37.8 Å². The maximum absolute atomic E-state index is 12.1. The number of rotatable bonds is 11. The minimum absolute atomic E-state index is 0.0366. The number of sulfonamides is 1. The van der Waals surface area contributed by atoms with Gasteiger partial charge in [0.2, 0.25) is 15.9 Å². The Labute approximate surface area is 143 Å². The van der Waals surface area contributed by atoms with E-state index in [1.54, 1.807) is 12.1 Å². The van der Waals surface area contributed by atoms with Crippen LogP contribution in [-0.2, 0) is 21.2 Å². The second-order valence-electron chi connectivity index (χ2n) is 5.67. The molecule has 1 aromatic heterocycles. The summed E-state index contributed by atoms with van der Waals surface area (Å²) in [6.07, 6.45) is 1.15. The molecule has 0 saturated heterocycles. The van der Waals surface area contributed by atoms with E-state index in [1.807, 2.05) is 20.8 Å². The van der Waals surface area contributed by atoms with E-state index < -0.39 is 10.0 Å². The van der Waals surface area contributed by atoms with E-state index in [0.29, 0.717) is 42.6 Å². The van der Waals surface area contributed by atoms with Crippen LogP contribution in [0.4, 0.5) is 0 Å². The lowest BCUT2D eigenvalue weighted by atomic mass is 10.1. The van der Waals surface area contributed by atoms with Crippen molar-refractivity contribution >= 4 is 27.3 Å². The normalized spacial score (nSPS) is 11.8. The Morgan fingerprint density at radius 3 is 2.61 bits per heavy atom. The number of nitrogens with one attached hydrogen (secondary N) is 3. The van der Waals surface area contributed by atoms with Gasteiger partial charge in [0.05, 0.1) is 0 Å². The fourth-order valence-electron chi connectivity index (χ4n) is 1.93. The van der Waals surface area contributed by atoms with Crippen LogP contribution in [0.25, 0.3) is 0 Å². The van der Waals surface area contributed by atoms with Crippen LogP contribution < -0.4 is 15.4 Å². The van der Waals surface area contributed by atoms with Gasteiger partial charge >= 0.3 is 0 Å². The number of hydrogen-bond acceptors (Lipinski definition) is 5. The summed E-state index contributed by atoms with van der Waals surface area (Å²) in [5.41, 5.74) is 0. The van der Waals surface area contributed by atoms with E-state index in [0.717, 1.165) is 11.4 Å². The van der Waals surface area contributed by atoms with E-state index in [4.69, 9.17) is 0 Å². The lowest BCUT2D eigenvalue weighted by molar-refractivity contribution is -0.121. The zero-order valence-corrected chi connectivity index (χ0v) is 15.6. The molecule has 0 atom stereocenters. The molecule has 8 heteroatoms. The van der Waals surface area contributed by atoms with Crippen molar-refractivity contribution in [3.63, 3.8) is 0 Å². The summed E-state index contributed by atoms with van der Waals surface area (Å²) in [6.45, 7) is 8.29. The summed E-state index contributed by atoms with van der Waals surface area (Å²) in [5.74, 6) is 0.372. The molecule has 0 aliphatic heterocycles. The monoisotopic (exact) mass is 361 g/mol. The van der Waals surface area contributed by atoms with Crippen molar-refractivity contribution in [1.29, 1.82) is 0 Å². The Balaban J connectivity index is 2.43. The molecule has 0 aromatic carbocycles. The van der Waals surface area contributed by atoms with Crippen LogP contribution in [0.2, 0.25) is 0 Å². The molecule has 0 aliphatic rings. The van der Waals surface area contributed by atoms with Gasteiger partial charge in [-0.15, -0.1) is 11.3 Å². The third-order valence-electron chi connectivity index (χ3n) is 3.03. The van der Waals surface area contributed by atoms with E-state index in [1.165, 1.54) is 11.3 Å². The van der Waals surface area contributed by atoms with Crippen LogP contribution in [0.5, 0.6) is 0 Å². The Bertz CT molecular complexity index is 583. The van der Waals surface area contributed by atoms with Gasteiger partial charge in [-0.05, 0) is 31.0 Å². The fourth-order valence-corrected chi connectivity index (χ4v) is 4.36. The van der Waals surface area contributed by atoms with Gasteiger partial charge in [-0.2, -0.15) is 0 Å². The second kappa shape index (κ2) is 10.0. The summed E-state index contributed by atoms with van der Waals surface area (Å²) in [5, 5.41) is 5.92. The van der Waals surface area contributed by atoms with E-state index in [-0.39, 0.29) is 5.91 Å². The molecule has 0 unspecified atom stereocenters. The van der Waals surface area contributed by atoms with Gasteiger partial charge in [-0.3, -0.25) is 4.79 Å². The van der Waals surface area contributed by atoms with Gasteiger partial charge in [-0.25, -0.2) is 13.1 Å². The molecule has 0 fully saturated rings. The number of carbonyl (C=O) groups excluding carboxylic acids is 1. The van der Waals surface area contributed by atoms with Crippen molar-refractivity contribution < 1.29 is 13.2 Å². The van der Waals surface area contributed by atoms with Gasteiger partial charge in [0.25, 0.3) is 0 Å². The highest BCUT2D eigenvalue weighted by atomic mass is 32.2. The summed E-state index contributed by atoms with van der Waals surface area (Å²) in [4.78, 5) is 12.5. The number of likely N-dealkylation sites (N-methyl/N-ethyl adjacent to an activating group) is 1. The van der Waals surface area contributed by atoms with Crippen molar-refractivity contribution in [1.82, 2.24) is 15.4 Å². The molecular weight excluding hydrogens is 334 g/mol. The Morgan fingerprint density at radius 1 is 1.22 bits per heavy atom. The molecule has 1 heterocycles.